The lowest BCUT2D eigenvalue weighted by molar-refractivity contribution is 0.307. The molecule has 0 saturated carbocycles. The second-order valence-corrected chi connectivity index (χ2v) is 6.94. The fourth-order valence-corrected chi connectivity index (χ4v) is 3.54. The first-order chi connectivity index (χ1) is 12.9. The van der Waals surface area contributed by atoms with Gasteiger partial charge in [0, 0.05) is 39.6 Å². The summed E-state index contributed by atoms with van der Waals surface area (Å²) in [5.74, 6) is 0.566. The highest BCUT2D eigenvalue weighted by molar-refractivity contribution is 6.31. The van der Waals surface area contributed by atoms with Crippen LogP contribution in [0.3, 0.4) is 0 Å². The van der Waals surface area contributed by atoms with Gasteiger partial charge in [0.05, 0.1) is 5.52 Å². The number of nitrogens with one attached hydrogen (secondary N) is 1. The summed E-state index contributed by atoms with van der Waals surface area (Å²) < 4.78 is 11.2. The summed E-state index contributed by atoms with van der Waals surface area (Å²) in [6, 6.07) is 11.9. The van der Waals surface area contributed by atoms with E-state index in [4.69, 9.17) is 20.8 Å². The Kier molecular flexibility index (Phi) is 4.24. The molecule has 1 N–H and O–H groups in total. The molecule has 5 nitrogen and oxygen atoms in total. The molecule has 136 valence electrons. The van der Waals surface area contributed by atoms with Crippen molar-refractivity contribution in [1.29, 1.82) is 0 Å². The lowest BCUT2D eigenvalue weighted by atomic mass is 10.1. The first kappa shape index (κ1) is 17.4. The Balaban J connectivity index is 1.73. The molecule has 4 rings (SSSR count). The summed E-state index contributed by atoms with van der Waals surface area (Å²) in [7, 11) is 0. The molecule has 0 unspecified atom stereocenters. The Morgan fingerprint density at radius 2 is 1.81 bits per heavy atom. The standard InChI is InChI=1S/C21H16ClNO4/c1-11-5-15(9-18-21(11)12(2)6-20(25)27-18)26-10-13-7-19(24)23-17-8-14(22)3-4-16(13)17/h3-9H,10H2,1-2H3,(H,23,24). The van der Waals surface area contributed by atoms with Crippen LogP contribution in [-0.4, -0.2) is 4.98 Å². The maximum absolute atomic E-state index is 11.9. The van der Waals surface area contributed by atoms with Crippen LogP contribution in [0.4, 0.5) is 0 Å². The van der Waals surface area contributed by atoms with Crippen LogP contribution in [0.25, 0.3) is 21.9 Å². The van der Waals surface area contributed by atoms with Gasteiger partial charge in [-0.05, 0) is 43.2 Å². The van der Waals surface area contributed by atoms with Gasteiger partial charge >= 0.3 is 5.63 Å². The Morgan fingerprint density at radius 3 is 2.63 bits per heavy atom. The zero-order valence-corrected chi connectivity index (χ0v) is 15.5. The van der Waals surface area contributed by atoms with E-state index in [0.29, 0.717) is 21.9 Å². The van der Waals surface area contributed by atoms with Gasteiger partial charge < -0.3 is 14.1 Å². The summed E-state index contributed by atoms with van der Waals surface area (Å²) in [4.78, 5) is 26.4. The molecule has 6 heteroatoms. The molecule has 0 aliphatic heterocycles. The van der Waals surface area contributed by atoms with Crippen molar-refractivity contribution in [2.24, 2.45) is 0 Å². The number of benzene rings is 2. The van der Waals surface area contributed by atoms with Crippen LogP contribution in [0.2, 0.25) is 5.02 Å². The average molecular weight is 382 g/mol. The van der Waals surface area contributed by atoms with Crippen molar-refractivity contribution in [1.82, 2.24) is 4.98 Å². The summed E-state index contributed by atoms with van der Waals surface area (Å²) in [5.41, 5.74) is 3.08. The van der Waals surface area contributed by atoms with Gasteiger partial charge in [-0.1, -0.05) is 17.7 Å². The maximum atomic E-state index is 11.9. The van der Waals surface area contributed by atoms with Crippen LogP contribution in [0.5, 0.6) is 5.75 Å². The predicted octanol–water partition coefficient (Wildman–Crippen LogP) is 4.48. The monoisotopic (exact) mass is 381 g/mol. The van der Waals surface area contributed by atoms with Gasteiger partial charge in [0.25, 0.3) is 0 Å². The van der Waals surface area contributed by atoms with Crippen molar-refractivity contribution in [3.05, 3.63) is 85.0 Å². The average Bonchev–Trinajstić information content (AvgIpc) is 2.58. The lowest BCUT2D eigenvalue weighted by Gasteiger charge is -2.11. The van der Waals surface area contributed by atoms with E-state index < -0.39 is 5.63 Å². The minimum atomic E-state index is -0.394. The lowest BCUT2D eigenvalue weighted by Crippen LogP contribution is -2.08. The van der Waals surface area contributed by atoms with Crippen LogP contribution >= 0.6 is 11.6 Å². The number of hydrogen-bond acceptors (Lipinski definition) is 4. The number of halogens is 1. The van der Waals surface area contributed by atoms with E-state index in [1.165, 1.54) is 12.1 Å². The van der Waals surface area contributed by atoms with Crippen molar-refractivity contribution in [3.63, 3.8) is 0 Å². The molecule has 2 aromatic heterocycles. The number of H-pyrrole nitrogens is 1. The molecule has 0 bridgehead atoms. The highest BCUT2D eigenvalue weighted by atomic mass is 35.5. The Morgan fingerprint density at radius 1 is 1.04 bits per heavy atom. The van der Waals surface area contributed by atoms with E-state index in [-0.39, 0.29) is 12.2 Å². The molecule has 0 amide bonds. The van der Waals surface area contributed by atoms with Crippen molar-refractivity contribution in [2.75, 3.05) is 0 Å². The number of rotatable bonds is 3. The zero-order chi connectivity index (χ0) is 19.1. The Bertz CT molecular complexity index is 1300. The van der Waals surface area contributed by atoms with Crippen LogP contribution in [-0.2, 0) is 6.61 Å². The number of pyridine rings is 1. The topological polar surface area (TPSA) is 72.3 Å². The third kappa shape index (κ3) is 3.34. The SMILES string of the molecule is Cc1cc(OCc2cc(=O)[nH]c3cc(Cl)ccc23)cc2oc(=O)cc(C)c12. The molecule has 0 aliphatic carbocycles. The quantitative estimate of drug-likeness (QED) is 0.531. The zero-order valence-electron chi connectivity index (χ0n) is 14.8. The fraction of sp³-hybridized carbons (Fsp3) is 0.143. The molecular formula is C21H16ClNO4. The van der Waals surface area contributed by atoms with E-state index in [1.807, 2.05) is 26.0 Å². The van der Waals surface area contributed by atoms with Crippen LogP contribution in [0, 0.1) is 13.8 Å². The van der Waals surface area contributed by atoms with Gasteiger partial charge in [0.1, 0.15) is 17.9 Å². The Labute approximate surface area is 159 Å². The summed E-state index contributed by atoms with van der Waals surface area (Å²) in [6.07, 6.45) is 0. The van der Waals surface area contributed by atoms with Gasteiger partial charge in [-0.25, -0.2) is 4.79 Å². The first-order valence-electron chi connectivity index (χ1n) is 8.40. The summed E-state index contributed by atoms with van der Waals surface area (Å²) in [5, 5.41) is 2.31. The third-order valence-corrected chi connectivity index (χ3v) is 4.73. The summed E-state index contributed by atoms with van der Waals surface area (Å²) >= 11 is 6.01. The van der Waals surface area contributed by atoms with Crippen LogP contribution in [0.15, 0.2) is 56.5 Å². The number of aromatic amines is 1. The molecule has 4 aromatic rings. The molecule has 2 aromatic carbocycles. The van der Waals surface area contributed by atoms with Gasteiger partial charge in [0.15, 0.2) is 0 Å². The van der Waals surface area contributed by atoms with Crippen molar-refractivity contribution in [3.8, 4) is 5.75 Å². The van der Waals surface area contributed by atoms with E-state index >= 15 is 0 Å². The van der Waals surface area contributed by atoms with Crippen molar-refractivity contribution < 1.29 is 9.15 Å². The third-order valence-electron chi connectivity index (χ3n) is 4.50. The first-order valence-corrected chi connectivity index (χ1v) is 8.78. The van der Waals surface area contributed by atoms with Gasteiger partial charge in [-0.15, -0.1) is 0 Å². The predicted molar refractivity (Wildman–Crippen MR) is 106 cm³/mol. The Hall–Kier alpha value is -3.05. The molecule has 0 atom stereocenters. The van der Waals surface area contributed by atoms with E-state index in [2.05, 4.69) is 4.98 Å². The van der Waals surface area contributed by atoms with E-state index in [0.717, 1.165) is 27.5 Å². The molecule has 0 aliphatic rings. The molecule has 0 fully saturated rings. The van der Waals surface area contributed by atoms with E-state index in [1.54, 1.807) is 18.2 Å². The molecule has 27 heavy (non-hydrogen) atoms. The van der Waals surface area contributed by atoms with Gasteiger partial charge in [0.2, 0.25) is 5.56 Å². The molecule has 0 saturated heterocycles. The minimum absolute atomic E-state index is 0.197. The highest BCUT2D eigenvalue weighted by Gasteiger charge is 2.10. The number of ether oxygens (including phenoxy) is 1. The molecule has 0 spiro atoms. The van der Waals surface area contributed by atoms with Gasteiger partial charge in [-0.2, -0.15) is 0 Å². The fourth-order valence-electron chi connectivity index (χ4n) is 3.36. The van der Waals surface area contributed by atoms with E-state index in [9.17, 15) is 9.59 Å². The van der Waals surface area contributed by atoms with Crippen LogP contribution < -0.4 is 15.9 Å². The van der Waals surface area contributed by atoms with Crippen molar-refractivity contribution in [2.45, 2.75) is 20.5 Å². The van der Waals surface area contributed by atoms with Gasteiger partial charge in [-0.3, -0.25) is 4.79 Å². The minimum Gasteiger partial charge on any atom is -0.489 e. The maximum Gasteiger partial charge on any atom is 0.336 e. The number of hydrogen-bond donors (Lipinski definition) is 1. The molecular weight excluding hydrogens is 366 g/mol. The number of aryl methyl sites for hydroxylation is 2. The van der Waals surface area contributed by atoms with Crippen molar-refractivity contribution >= 4 is 33.5 Å². The number of fused-ring (bicyclic) bond motifs is 2. The normalized spacial score (nSPS) is 11.2. The molecule has 2 heterocycles. The largest absolute Gasteiger partial charge is 0.489 e. The van der Waals surface area contributed by atoms with Crippen LogP contribution in [0.1, 0.15) is 16.7 Å². The highest BCUT2D eigenvalue weighted by Crippen LogP contribution is 2.27. The molecule has 0 radical (unpaired) electrons. The smallest absolute Gasteiger partial charge is 0.336 e. The second-order valence-electron chi connectivity index (χ2n) is 6.50. The second kappa shape index (κ2) is 6.59. The number of aromatic nitrogens is 1. The summed E-state index contributed by atoms with van der Waals surface area (Å²) in [6.45, 7) is 4.01.